The van der Waals surface area contributed by atoms with Gasteiger partial charge in [0.05, 0.1) is 5.69 Å². The van der Waals surface area contributed by atoms with Crippen LogP contribution < -0.4 is 5.32 Å². The van der Waals surface area contributed by atoms with Crippen molar-refractivity contribution in [2.75, 3.05) is 26.2 Å². The maximum absolute atomic E-state index is 12.2. The van der Waals surface area contributed by atoms with E-state index in [2.05, 4.69) is 20.2 Å². The highest BCUT2D eigenvalue weighted by molar-refractivity contribution is 5.74. The molecule has 0 saturated carbocycles. The van der Waals surface area contributed by atoms with Crippen molar-refractivity contribution >= 4 is 6.03 Å². The number of hydrogen-bond acceptors (Lipinski definition) is 4. The Morgan fingerprint density at radius 2 is 1.96 bits per heavy atom. The fourth-order valence-corrected chi connectivity index (χ4v) is 2.62. The van der Waals surface area contributed by atoms with Crippen molar-refractivity contribution in [2.45, 2.75) is 13.1 Å². The van der Waals surface area contributed by atoms with E-state index < -0.39 is 0 Å². The van der Waals surface area contributed by atoms with E-state index >= 15 is 0 Å². The number of pyridine rings is 2. The first kappa shape index (κ1) is 15.4. The van der Waals surface area contributed by atoms with Crippen LogP contribution >= 0.6 is 0 Å². The number of rotatable bonds is 4. The number of aromatic nitrogens is 2. The van der Waals surface area contributed by atoms with Crippen LogP contribution in [-0.2, 0) is 13.1 Å². The number of amides is 2. The number of carbonyl (C=O) groups is 1. The molecule has 0 aliphatic carbocycles. The van der Waals surface area contributed by atoms with Crippen LogP contribution in [0.3, 0.4) is 0 Å². The van der Waals surface area contributed by atoms with Gasteiger partial charge in [0.25, 0.3) is 0 Å². The standard InChI is InChI=1S/C17H21N5O/c23-17(20-13-15-4-3-6-18-12-15)22-10-8-21(9-11-22)14-16-5-1-2-7-19-16/h1-7,12H,8-11,13-14H2,(H,20,23). The lowest BCUT2D eigenvalue weighted by molar-refractivity contribution is 0.134. The third kappa shape index (κ3) is 4.50. The molecule has 1 fully saturated rings. The number of hydrogen-bond donors (Lipinski definition) is 1. The van der Waals surface area contributed by atoms with Gasteiger partial charge in [-0.2, -0.15) is 0 Å². The van der Waals surface area contributed by atoms with Gasteiger partial charge in [-0.05, 0) is 23.8 Å². The van der Waals surface area contributed by atoms with Gasteiger partial charge in [0.1, 0.15) is 0 Å². The Balaban J connectivity index is 1.42. The fraction of sp³-hybridized carbons (Fsp3) is 0.353. The Morgan fingerprint density at radius 3 is 2.65 bits per heavy atom. The highest BCUT2D eigenvalue weighted by atomic mass is 16.2. The topological polar surface area (TPSA) is 61.4 Å². The molecule has 2 amide bonds. The van der Waals surface area contributed by atoms with Crippen LogP contribution in [0.4, 0.5) is 4.79 Å². The molecular formula is C17H21N5O. The molecule has 0 radical (unpaired) electrons. The molecule has 6 nitrogen and oxygen atoms in total. The summed E-state index contributed by atoms with van der Waals surface area (Å²) in [6, 6.07) is 9.79. The lowest BCUT2D eigenvalue weighted by atomic mass is 10.2. The summed E-state index contributed by atoms with van der Waals surface area (Å²) in [6.07, 6.45) is 5.31. The number of nitrogens with zero attached hydrogens (tertiary/aromatic N) is 4. The number of carbonyl (C=O) groups excluding carboxylic acids is 1. The summed E-state index contributed by atoms with van der Waals surface area (Å²) in [5.41, 5.74) is 2.08. The smallest absolute Gasteiger partial charge is 0.317 e. The van der Waals surface area contributed by atoms with Crippen molar-refractivity contribution in [3.8, 4) is 0 Å². The van der Waals surface area contributed by atoms with Gasteiger partial charge >= 0.3 is 6.03 Å². The van der Waals surface area contributed by atoms with Crippen LogP contribution in [0.1, 0.15) is 11.3 Å². The third-order valence-corrected chi connectivity index (χ3v) is 3.94. The molecule has 0 bridgehead atoms. The molecule has 120 valence electrons. The number of urea groups is 1. The van der Waals surface area contributed by atoms with Crippen molar-refractivity contribution in [1.82, 2.24) is 25.1 Å². The largest absolute Gasteiger partial charge is 0.334 e. The molecule has 1 aliphatic rings. The van der Waals surface area contributed by atoms with Crippen LogP contribution in [-0.4, -0.2) is 52.0 Å². The quantitative estimate of drug-likeness (QED) is 0.929. The van der Waals surface area contributed by atoms with Crippen LogP contribution in [0.25, 0.3) is 0 Å². The van der Waals surface area contributed by atoms with Gasteiger partial charge in [0, 0.05) is 57.9 Å². The summed E-state index contributed by atoms with van der Waals surface area (Å²) < 4.78 is 0. The second-order valence-electron chi connectivity index (χ2n) is 5.60. The van der Waals surface area contributed by atoms with E-state index in [0.717, 1.165) is 44.0 Å². The lowest BCUT2D eigenvalue weighted by Gasteiger charge is -2.34. The van der Waals surface area contributed by atoms with Gasteiger partial charge in [-0.1, -0.05) is 12.1 Å². The normalized spacial score (nSPS) is 15.4. The van der Waals surface area contributed by atoms with Crippen molar-refractivity contribution in [3.63, 3.8) is 0 Å². The predicted octanol–water partition coefficient (Wildman–Crippen LogP) is 1.50. The summed E-state index contributed by atoms with van der Waals surface area (Å²) in [5, 5.41) is 2.95. The second-order valence-corrected chi connectivity index (χ2v) is 5.60. The Morgan fingerprint density at radius 1 is 1.09 bits per heavy atom. The first-order valence-corrected chi connectivity index (χ1v) is 7.85. The Bertz CT molecular complexity index is 611. The van der Waals surface area contributed by atoms with E-state index in [1.54, 1.807) is 12.4 Å². The summed E-state index contributed by atoms with van der Waals surface area (Å²) in [5.74, 6) is 0. The van der Waals surface area contributed by atoms with E-state index in [1.165, 1.54) is 0 Å². The minimum atomic E-state index is -0.00802. The van der Waals surface area contributed by atoms with Crippen molar-refractivity contribution < 1.29 is 4.79 Å². The van der Waals surface area contributed by atoms with E-state index in [9.17, 15) is 4.79 Å². The van der Waals surface area contributed by atoms with E-state index in [4.69, 9.17) is 0 Å². The molecule has 6 heteroatoms. The van der Waals surface area contributed by atoms with Crippen LogP contribution in [0.2, 0.25) is 0 Å². The minimum Gasteiger partial charge on any atom is -0.334 e. The first-order chi connectivity index (χ1) is 11.3. The van der Waals surface area contributed by atoms with Gasteiger partial charge < -0.3 is 10.2 Å². The summed E-state index contributed by atoms with van der Waals surface area (Å²) in [4.78, 5) is 24.8. The van der Waals surface area contributed by atoms with E-state index in [0.29, 0.717) is 6.54 Å². The van der Waals surface area contributed by atoms with Gasteiger partial charge in [-0.15, -0.1) is 0 Å². The molecule has 0 aromatic carbocycles. The summed E-state index contributed by atoms with van der Waals surface area (Å²) in [6.45, 7) is 4.58. The fourth-order valence-electron chi connectivity index (χ4n) is 2.62. The zero-order valence-electron chi connectivity index (χ0n) is 13.1. The third-order valence-electron chi connectivity index (χ3n) is 3.94. The number of piperazine rings is 1. The van der Waals surface area contributed by atoms with Crippen molar-refractivity contribution in [1.29, 1.82) is 0 Å². The molecule has 2 aromatic rings. The number of nitrogens with one attached hydrogen (secondary N) is 1. The van der Waals surface area contributed by atoms with Gasteiger partial charge in [-0.25, -0.2) is 4.79 Å². The molecule has 3 heterocycles. The van der Waals surface area contributed by atoms with Crippen molar-refractivity contribution in [2.24, 2.45) is 0 Å². The highest BCUT2D eigenvalue weighted by Gasteiger charge is 2.21. The highest BCUT2D eigenvalue weighted by Crippen LogP contribution is 2.07. The predicted molar refractivity (Wildman–Crippen MR) is 87.6 cm³/mol. The second kappa shape index (κ2) is 7.69. The molecule has 0 unspecified atom stereocenters. The first-order valence-electron chi connectivity index (χ1n) is 7.85. The zero-order chi connectivity index (χ0) is 15.9. The molecule has 2 aromatic heterocycles. The monoisotopic (exact) mass is 311 g/mol. The Kier molecular flexibility index (Phi) is 5.16. The molecule has 23 heavy (non-hydrogen) atoms. The summed E-state index contributed by atoms with van der Waals surface area (Å²) in [7, 11) is 0. The average molecular weight is 311 g/mol. The van der Waals surface area contributed by atoms with Crippen LogP contribution in [0.5, 0.6) is 0 Å². The van der Waals surface area contributed by atoms with Crippen molar-refractivity contribution in [3.05, 3.63) is 60.2 Å². The van der Waals surface area contributed by atoms with Gasteiger partial charge in [0.2, 0.25) is 0 Å². The minimum absolute atomic E-state index is 0.00802. The summed E-state index contributed by atoms with van der Waals surface area (Å²) >= 11 is 0. The molecule has 0 spiro atoms. The maximum atomic E-state index is 12.2. The van der Waals surface area contributed by atoms with E-state index in [-0.39, 0.29) is 6.03 Å². The zero-order valence-corrected chi connectivity index (χ0v) is 13.1. The SMILES string of the molecule is O=C(NCc1cccnc1)N1CCN(Cc2ccccn2)CC1. The van der Waals surface area contributed by atoms with Gasteiger partial charge in [0.15, 0.2) is 0 Å². The Labute approximate surface area is 136 Å². The molecular weight excluding hydrogens is 290 g/mol. The molecule has 0 atom stereocenters. The van der Waals surface area contributed by atoms with Crippen LogP contribution in [0.15, 0.2) is 48.9 Å². The molecule has 3 rings (SSSR count). The molecule has 1 aliphatic heterocycles. The lowest BCUT2D eigenvalue weighted by Crippen LogP contribution is -2.51. The molecule has 1 N–H and O–H groups in total. The van der Waals surface area contributed by atoms with Crippen LogP contribution in [0, 0.1) is 0 Å². The average Bonchev–Trinajstić information content (AvgIpc) is 2.62. The van der Waals surface area contributed by atoms with E-state index in [1.807, 2.05) is 41.4 Å². The maximum Gasteiger partial charge on any atom is 0.317 e. The Hall–Kier alpha value is -2.47. The van der Waals surface area contributed by atoms with Gasteiger partial charge in [-0.3, -0.25) is 14.9 Å². The molecule has 1 saturated heterocycles.